The molecule has 0 amide bonds. The Kier molecular flexibility index (Phi) is 6.08. The molecule has 27 heavy (non-hydrogen) atoms. The predicted octanol–water partition coefficient (Wildman–Crippen LogP) is 4.10. The van der Waals surface area contributed by atoms with Crippen molar-refractivity contribution >= 4 is 21.5 Å². The molecule has 2 aromatic carbocycles. The van der Waals surface area contributed by atoms with E-state index in [0.29, 0.717) is 5.82 Å². The van der Waals surface area contributed by atoms with Crippen molar-refractivity contribution in [2.24, 2.45) is 0 Å². The molecule has 0 unspecified atom stereocenters. The smallest absolute Gasteiger partial charge is 0.263 e. The van der Waals surface area contributed by atoms with Crippen LogP contribution in [0.25, 0.3) is 0 Å². The molecule has 0 spiro atoms. The molecule has 0 aliphatic rings. The second-order valence-electron chi connectivity index (χ2n) is 6.20. The molecule has 3 aromatic rings. The van der Waals surface area contributed by atoms with Crippen LogP contribution in [0.1, 0.15) is 18.1 Å². The normalized spacial score (nSPS) is 11.1. The number of aromatic nitrogens is 1. The number of hydrogen-bond acceptors (Lipinski definition) is 4. The van der Waals surface area contributed by atoms with Crippen molar-refractivity contribution in [2.75, 3.05) is 16.6 Å². The first-order valence-electron chi connectivity index (χ1n) is 8.92. The lowest BCUT2D eigenvalue weighted by atomic mass is 10.1. The molecule has 140 valence electrons. The molecule has 1 heterocycles. The van der Waals surface area contributed by atoms with Crippen LogP contribution in [0.5, 0.6) is 0 Å². The Morgan fingerprint density at radius 2 is 1.63 bits per heavy atom. The summed E-state index contributed by atoms with van der Waals surface area (Å²) in [5.41, 5.74) is 3.20. The van der Waals surface area contributed by atoms with Crippen LogP contribution in [0.2, 0.25) is 0 Å². The van der Waals surface area contributed by atoms with E-state index in [1.165, 1.54) is 5.56 Å². The highest BCUT2D eigenvalue weighted by Crippen LogP contribution is 2.17. The number of pyridine rings is 1. The molecule has 0 radical (unpaired) electrons. The van der Waals surface area contributed by atoms with Crippen LogP contribution < -0.4 is 10.0 Å². The molecule has 2 N–H and O–H groups in total. The Balaban J connectivity index is 1.57. The highest BCUT2D eigenvalue weighted by atomic mass is 32.2. The lowest BCUT2D eigenvalue weighted by molar-refractivity contribution is 0.601. The number of rotatable bonds is 8. The predicted molar refractivity (Wildman–Crippen MR) is 110 cm³/mol. The Morgan fingerprint density at radius 1 is 0.889 bits per heavy atom. The zero-order valence-electron chi connectivity index (χ0n) is 15.2. The number of hydrogen-bond donors (Lipinski definition) is 2. The minimum Gasteiger partial charge on any atom is -0.383 e. The second kappa shape index (κ2) is 8.68. The van der Waals surface area contributed by atoms with Gasteiger partial charge in [0.2, 0.25) is 0 Å². The fourth-order valence-corrected chi connectivity index (χ4v) is 3.66. The van der Waals surface area contributed by atoms with E-state index in [-0.39, 0.29) is 4.90 Å². The van der Waals surface area contributed by atoms with Gasteiger partial charge in [-0.05, 0) is 48.2 Å². The van der Waals surface area contributed by atoms with Gasteiger partial charge in [0.15, 0.2) is 0 Å². The second-order valence-corrected chi connectivity index (χ2v) is 7.88. The first-order chi connectivity index (χ1) is 13.1. The van der Waals surface area contributed by atoms with Gasteiger partial charge in [0.25, 0.3) is 10.0 Å². The van der Waals surface area contributed by atoms with Crippen molar-refractivity contribution in [2.45, 2.75) is 24.7 Å². The molecule has 0 fully saturated rings. The number of sulfonamides is 1. The summed E-state index contributed by atoms with van der Waals surface area (Å²) in [5, 5.41) is 3.29. The lowest BCUT2D eigenvalue weighted by Gasteiger charge is -2.10. The highest BCUT2D eigenvalue weighted by molar-refractivity contribution is 7.92. The number of anilines is 2. The van der Waals surface area contributed by atoms with E-state index in [1.807, 2.05) is 43.3 Å². The van der Waals surface area contributed by atoms with Gasteiger partial charge >= 0.3 is 0 Å². The van der Waals surface area contributed by atoms with E-state index < -0.39 is 10.0 Å². The Morgan fingerprint density at radius 3 is 2.26 bits per heavy atom. The first kappa shape index (κ1) is 18.9. The van der Waals surface area contributed by atoms with Gasteiger partial charge in [0, 0.05) is 6.54 Å². The van der Waals surface area contributed by atoms with E-state index in [4.69, 9.17) is 0 Å². The maximum atomic E-state index is 12.4. The molecule has 3 rings (SSSR count). The van der Waals surface area contributed by atoms with E-state index in [0.717, 1.165) is 30.6 Å². The third-order valence-electron chi connectivity index (χ3n) is 4.23. The minimum absolute atomic E-state index is 0.228. The van der Waals surface area contributed by atoms with Gasteiger partial charge in [-0.1, -0.05) is 49.4 Å². The fraction of sp³-hybridized carbons (Fsp3) is 0.190. The quantitative estimate of drug-likeness (QED) is 0.616. The van der Waals surface area contributed by atoms with Gasteiger partial charge in [-0.15, -0.1) is 0 Å². The standard InChI is InChI=1S/C21H23N3O2S/c1-2-17-8-11-20(12-9-17)27(25,26)24-21-13-10-19(16-23-21)22-15-14-18-6-4-3-5-7-18/h3-13,16,22H,2,14-15H2,1H3,(H,23,24). The number of benzene rings is 2. The summed E-state index contributed by atoms with van der Waals surface area (Å²) in [6.07, 6.45) is 3.40. The molecule has 5 nitrogen and oxygen atoms in total. The topological polar surface area (TPSA) is 71.1 Å². The van der Waals surface area contributed by atoms with E-state index in [2.05, 4.69) is 27.2 Å². The molecule has 1 aromatic heterocycles. The van der Waals surface area contributed by atoms with Gasteiger partial charge in [0.05, 0.1) is 16.8 Å². The average molecular weight is 382 g/mol. The number of nitrogens with one attached hydrogen (secondary N) is 2. The van der Waals surface area contributed by atoms with Gasteiger partial charge in [-0.25, -0.2) is 13.4 Å². The van der Waals surface area contributed by atoms with Crippen molar-refractivity contribution < 1.29 is 8.42 Å². The number of aryl methyl sites for hydroxylation is 1. The molecule has 0 bridgehead atoms. The van der Waals surface area contributed by atoms with Gasteiger partial charge in [-0.3, -0.25) is 4.72 Å². The molecular weight excluding hydrogens is 358 g/mol. The molecule has 0 atom stereocenters. The van der Waals surface area contributed by atoms with Crippen LogP contribution in [-0.4, -0.2) is 19.9 Å². The first-order valence-corrected chi connectivity index (χ1v) is 10.4. The maximum Gasteiger partial charge on any atom is 0.263 e. The molecule has 6 heteroatoms. The maximum absolute atomic E-state index is 12.4. The monoisotopic (exact) mass is 381 g/mol. The van der Waals surface area contributed by atoms with Crippen LogP contribution in [0.3, 0.4) is 0 Å². The van der Waals surface area contributed by atoms with Crippen molar-refractivity contribution in [3.05, 3.63) is 84.1 Å². The summed E-state index contributed by atoms with van der Waals surface area (Å²) in [5.74, 6) is 0.295. The van der Waals surface area contributed by atoms with Gasteiger partial charge < -0.3 is 5.32 Å². The van der Waals surface area contributed by atoms with Crippen molar-refractivity contribution in [3.63, 3.8) is 0 Å². The third kappa shape index (κ3) is 5.31. The molecular formula is C21H23N3O2S. The van der Waals surface area contributed by atoms with Crippen LogP contribution in [0.4, 0.5) is 11.5 Å². The minimum atomic E-state index is -3.64. The molecule has 0 saturated carbocycles. The van der Waals surface area contributed by atoms with E-state index >= 15 is 0 Å². The Hall–Kier alpha value is -2.86. The Bertz CT molecular complexity index is 955. The van der Waals surface area contributed by atoms with Gasteiger partial charge in [0.1, 0.15) is 5.82 Å². The van der Waals surface area contributed by atoms with Crippen molar-refractivity contribution in [3.8, 4) is 0 Å². The summed E-state index contributed by atoms with van der Waals surface area (Å²) >= 11 is 0. The van der Waals surface area contributed by atoms with Gasteiger partial charge in [-0.2, -0.15) is 0 Å². The fourth-order valence-electron chi connectivity index (χ4n) is 2.66. The van der Waals surface area contributed by atoms with Crippen molar-refractivity contribution in [1.29, 1.82) is 0 Å². The summed E-state index contributed by atoms with van der Waals surface area (Å²) in [4.78, 5) is 4.42. The third-order valence-corrected chi connectivity index (χ3v) is 5.60. The summed E-state index contributed by atoms with van der Waals surface area (Å²) in [7, 11) is -3.64. The summed E-state index contributed by atoms with van der Waals surface area (Å²) in [6, 6.07) is 20.6. The van der Waals surface area contributed by atoms with Crippen molar-refractivity contribution in [1.82, 2.24) is 4.98 Å². The molecule has 0 saturated heterocycles. The zero-order chi connectivity index (χ0) is 19.1. The van der Waals surface area contributed by atoms with Crippen LogP contribution in [0, 0.1) is 0 Å². The zero-order valence-corrected chi connectivity index (χ0v) is 16.0. The van der Waals surface area contributed by atoms with Crippen LogP contribution >= 0.6 is 0 Å². The molecule has 0 aliphatic heterocycles. The average Bonchev–Trinajstić information content (AvgIpc) is 2.70. The van der Waals surface area contributed by atoms with E-state index in [1.54, 1.807) is 24.4 Å². The largest absolute Gasteiger partial charge is 0.383 e. The Labute approximate surface area is 160 Å². The molecule has 0 aliphatic carbocycles. The van der Waals surface area contributed by atoms with Crippen LogP contribution in [-0.2, 0) is 22.9 Å². The highest BCUT2D eigenvalue weighted by Gasteiger charge is 2.14. The summed E-state index contributed by atoms with van der Waals surface area (Å²) < 4.78 is 27.4. The number of nitrogens with zero attached hydrogens (tertiary/aromatic N) is 1. The SMILES string of the molecule is CCc1ccc(S(=O)(=O)Nc2ccc(NCCc3ccccc3)cn2)cc1. The lowest BCUT2D eigenvalue weighted by Crippen LogP contribution is -2.14. The summed E-state index contributed by atoms with van der Waals surface area (Å²) in [6.45, 7) is 2.81. The van der Waals surface area contributed by atoms with Crippen LogP contribution in [0.15, 0.2) is 77.8 Å². The van der Waals surface area contributed by atoms with E-state index in [9.17, 15) is 8.42 Å².